The number of para-hydroxylation sites is 1. The van der Waals surface area contributed by atoms with Crippen molar-refractivity contribution < 1.29 is 0 Å². The van der Waals surface area contributed by atoms with Crippen LogP contribution in [0.15, 0.2) is 224 Å². The van der Waals surface area contributed by atoms with Crippen molar-refractivity contribution in [1.82, 2.24) is 0 Å². The molecule has 0 atom stereocenters. The number of benzene rings is 11. The van der Waals surface area contributed by atoms with Crippen LogP contribution in [-0.4, -0.2) is 0 Å². The van der Waals surface area contributed by atoms with Crippen molar-refractivity contribution >= 4 is 49.4 Å². The molecule has 11 aromatic carbocycles. The van der Waals surface area contributed by atoms with Gasteiger partial charge in [-0.3, -0.25) is 0 Å². The number of rotatable bonds is 4. The number of fused-ring (bicyclic) bond motifs is 19. The first-order chi connectivity index (χ1) is 32.0. The van der Waals surface area contributed by atoms with Gasteiger partial charge in [0.05, 0.1) is 11.1 Å². The van der Waals surface area contributed by atoms with E-state index in [9.17, 15) is 0 Å². The number of anilines is 3. The Kier molecular flexibility index (Phi) is 7.45. The van der Waals surface area contributed by atoms with Crippen LogP contribution >= 0.6 is 0 Å². The highest BCUT2D eigenvalue weighted by atomic mass is 15.1. The van der Waals surface area contributed by atoms with E-state index >= 15 is 0 Å². The Balaban J connectivity index is 1.11. The first-order valence-corrected chi connectivity index (χ1v) is 22.9. The summed E-state index contributed by atoms with van der Waals surface area (Å²) < 4.78 is 0. The summed E-state index contributed by atoms with van der Waals surface area (Å²) in [6.45, 7) is 4.74. The van der Waals surface area contributed by atoms with Gasteiger partial charge in [-0.1, -0.05) is 196 Å². The van der Waals surface area contributed by atoms with Crippen molar-refractivity contribution in [2.24, 2.45) is 0 Å². The standard InChI is InChI=1S/C64H43N/c1-63(2)56-28-14-10-26-50(56)54-36-40(32-35-57(54)63)52-38-55-51-27-13-17-31-60(51)64(58-29-15-11-24-48(58)49-25-12-16-30-59(49)64)61(55)39-62(52)65(41-18-4-3-5-19-41)42-33-34-47-45-22-7-6-20-43(45)44-21-8-9-23-46(44)53(47)37-42/h3-39H,1-2H3. The molecule has 1 nitrogen and oxygen atoms in total. The van der Waals surface area contributed by atoms with Gasteiger partial charge >= 0.3 is 0 Å². The fraction of sp³-hybridized carbons (Fsp3) is 0.0625. The van der Waals surface area contributed by atoms with E-state index < -0.39 is 5.41 Å². The van der Waals surface area contributed by atoms with Crippen molar-refractivity contribution in [1.29, 1.82) is 0 Å². The fourth-order valence-electron chi connectivity index (χ4n) is 12.5. The molecular formula is C64H43N. The highest BCUT2D eigenvalue weighted by molar-refractivity contribution is 6.26. The predicted molar refractivity (Wildman–Crippen MR) is 273 cm³/mol. The molecular weight excluding hydrogens is 783 g/mol. The molecule has 0 N–H and O–H groups in total. The van der Waals surface area contributed by atoms with Crippen molar-refractivity contribution in [2.45, 2.75) is 24.7 Å². The topological polar surface area (TPSA) is 3.24 Å². The summed E-state index contributed by atoms with van der Waals surface area (Å²) in [6, 6.07) is 84.8. The third kappa shape index (κ3) is 4.82. The number of nitrogens with zero attached hydrogens (tertiary/aromatic N) is 1. The SMILES string of the molecule is CC1(C)c2ccccc2-c2cc(-c3cc4c(cc3N(c3ccccc3)c3ccc5c6ccccc6c6ccccc6c5c3)C3(c5ccccc5-c5ccccc53)c3ccccc3-4)ccc21. The van der Waals surface area contributed by atoms with Crippen LogP contribution < -0.4 is 4.90 Å². The Morgan fingerprint density at radius 3 is 1.32 bits per heavy atom. The zero-order chi connectivity index (χ0) is 43.0. The minimum atomic E-state index is -0.492. The van der Waals surface area contributed by atoms with E-state index in [1.165, 1.54) is 110 Å². The van der Waals surface area contributed by atoms with Gasteiger partial charge in [0, 0.05) is 22.4 Å². The summed E-state index contributed by atoms with van der Waals surface area (Å²) in [5, 5.41) is 7.61. The van der Waals surface area contributed by atoms with E-state index in [0.29, 0.717) is 0 Å². The normalized spacial score (nSPS) is 14.2. The summed E-state index contributed by atoms with van der Waals surface area (Å²) in [4.78, 5) is 2.54. The van der Waals surface area contributed by atoms with Crippen molar-refractivity contribution in [2.75, 3.05) is 4.90 Å². The zero-order valence-electron chi connectivity index (χ0n) is 36.3. The highest BCUT2D eigenvalue weighted by Gasteiger charge is 2.52. The molecule has 0 fully saturated rings. The molecule has 65 heavy (non-hydrogen) atoms. The van der Waals surface area contributed by atoms with Crippen molar-refractivity contribution in [3.05, 3.63) is 258 Å². The third-order valence-electron chi connectivity index (χ3n) is 15.2. The van der Waals surface area contributed by atoms with Gasteiger partial charge in [-0.2, -0.15) is 0 Å². The second kappa shape index (κ2) is 13.3. The van der Waals surface area contributed by atoms with Gasteiger partial charge in [0.1, 0.15) is 0 Å². The molecule has 0 saturated carbocycles. The van der Waals surface area contributed by atoms with Gasteiger partial charge in [0.2, 0.25) is 0 Å². The van der Waals surface area contributed by atoms with Gasteiger partial charge < -0.3 is 4.90 Å². The maximum absolute atomic E-state index is 2.57. The molecule has 304 valence electrons. The van der Waals surface area contributed by atoms with Crippen molar-refractivity contribution in [3.63, 3.8) is 0 Å². The van der Waals surface area contributed by atoms with E-state index in [4.69, 9.17) is 0 Å². The third-order valence-corrected chi connectivity index (χ3v) is 15.2. The first kappa shape index (κ1) is 36.5. The van der Waals surface area contributed by atoms with E-state index in [1.54, 1.807) is 0 Å². The maximum Gasteiger partial charge on any atom is 0.0726 e. The Labute approximate surface area is 379 Å². The van der Waals surface area contributed by atoms with Gasteiger partial charge in [0.25, 0.3) is 0 Å². The second-order valence-corrected chi connectivity index (χ2v) is 18.7. The lowest BCUT2D eigenvalue weighted by Gasteiger charge is -2.33. The molecule has 0 aromatic heterocycles. The molecule has 3 aliphatic rings. The minimum Gasteiger partial charge on any atom is -0.310 e. The largest absolute Gasteiger partial charge is 0.310 e. The molecule has 0 heterocycles. The average molecular weight is 826 g/mol. The summed E-state index contributed by atoms with van der Waals surface area (Å²) in [6.07, 6.45) is 0. The Hall–Kier alpha value is -8.00. The molecule has 0 unspecified atom stereocenters. The Morgan fingerprint density at radius 1 is 0.277 bits per heavy atom. The van der Waals surface area contributed by atoms with E-state index in [-0.39, 0.29) is 5.41 Å². The van der Waals surface area contributed by atoms with Gasteiger partial charge in [-0.05, 0) is 147 Å². The number of hydrogen-bond donors (Lipinski definition) is 0. The predicted octanol–water partition coefficient (Wildman–Crippen LogP) is 16.9. The number of hydrogen-bond acceptors (Lipinski definition) is 1. The van der Waals surface area contributed by atoms with Crippen LogP contribution in [0.2, 0.25) is 0 Å². The van der Waals surface area contributed by atoms with Crippen LogP contribution in [0.5, 0.6) is 0 Å². The quantitative estimate of drug-likeness (QED) is 0.160. The van der Waals surface area contributed by atoms with Gasteiger partial charge in [0.15, 0.2) is 0 Å². The fourth-order valence-corrected chi connectivity index (χ4v) is 12.5. The molecule has 0 aliphatic heterocycles. The summed E-state index contributed by atoms with van der Waals surface area (Å²) in [5.41, 5.74) is 21.2. The maximum atomic E-state index is 2.57. The minimum absolute atomic E-state index is 0.0894. The lowest BCUT2D eigenvalue weighted by atomic mass is 9.70. The summed E-state index contributed by atoms with van der Waals surface area (Å²) >= 11 is 0. The lowest BCUT2D eigenvalue weighted by Crippen LogP contribution is -2.26. The Morgan fingerprint density at radius 2 is 0.723 bits per heavy atom. The molecule has 3 aliphatic carbocycles. The lowest BCUT2D eigenvalue weighted by molar-refractivity contribution is 0.660. The molecule has 14 rings (SSSR count). The van der Waals surface area contributed by atoms with E-state index in [2.05, 4.69) is 243 Å². The smallest absolute Gasteiger partial charge is 0.0726 e. The van der Waals surface area contributed by atoms with Crippen LogP contribution in [0.3, 0.4) is 0 Å². The molecule has 0 radical (unpaired) electrons. The van der Waals surface area contributed by atoms with Crippen LogP contribution in [0.1, 0.15) is 47.2 Å². The van der Waals surface area contributed by atoms with Crippen molar-refractivity contribution in [3.8, 4) is 44.5 Å². The summed E-state index contributed by atoms with van der Waals surface area (Å²) in [7, 11) is 0. The monoisotopic (exact) mass is 825 g/mol. The summed E-state index contributed by atoms with van der Waals surface area (Å²) in [5.74, 6) is 0. The van der Waals surface area contributed by atoms with Gasteiger partial charge in [-0.15, -0.1) is 0 Å². The van der Waals surface area contributed by atoms with E-state index in [1.807, 2.05) is 0 Å². The van der Waals surface area contributed by atoms with Crippen LogP contribution in [0.4, 0.5) is 17.1 Å². The molecule has 0 amide bonds. The first-order valence-electron chi connectivity index (χ1n) is 22.9. The molecule has 11 aromatic rings. The van der Waals surface area contributed by atoms with Crippen LogP contribution in [-0.2, 0) is 10.8 Å². The average Bonchev–Trinajstić information content (AvgIpc) is 3.92. The van der Waals surface area contributed by atoms with Crippen LogP contribution in [0, 0.1) is 0 Å². The second-order valence-electron chi connectivity index (χ2n) is 18.7. The molecule has 1 spiro atoms. The van der Waals surface area contributed by atoms with Gasteiger partial charge in [-0.25, -0.2) is 0 Å². The van der Waals surface area contributed by atoms with Crippen LogP contribution in [0.25, 0.3) is 76.8 Å². The molecule has 0 bridgehead atoms. The molecule has 0 saturated heterocycles. The molecule has 1 heteroatoms. The Bertz CT molecular complexity index is 3730. The highest BCUT2D eigenvalue weighted by Crippen LogP contribution is 2.64. The van der Waals surface area contributed by atoms with E-state index in [0.717, 1.165) is 17.1 Å². The zero-order valence-corrected chi connectivity index (χ0v) is 36.3.